The van der Waals surface area contributed by atoms with Gasteiger partial charge in [0.25, 0.3) is 0 Å². The number of benzene rings is 1. The third-order valence-corrected chi connectivity index (χ3v) is 3.92. The Hall–Kier alpha value is -1.40. The van der Waals surface area contributed by atoms with Gasteiger partial charge in [0, 0.05) is 15.9 Å². The molecule has 2 aromatic rings. The number of halogens is 1. The topological polar surface area (TPSA) is 84.1 Å². The van der Waals surface area contributed by atoms with Crippen LogP contribution in [-0.4, -0.2) is 27.2 Å². The van der Waals surface area contributed by atoms with Crippen LogP contribution in [0.4, 0.5) is 11.8 Å². The van der Waals surface area contributed by atoms with E-state index in [-0.39, 0.29) is 18.1 Å². The zero-order chi connectivity index (χ0) is 13.4. The Bertz CT molecular complexity index is 614. The highest BCUT2D eigenvalue weighted by Gasteiger charge is 2.23. The summed E-state index contributed by atoms with van der Waals surface area (Å²) in [6.07, 6.45) is 2.32. The molecule has 0 aliphatic heterocycles. The fourth-order valence-corrected chi connectivity index (χ4v) is 2.86. The van der Waals surface area contributed by atoms with E-state index >= 15 is 0 Å². The second-order valence-electron chi connectivity index (χ2n) is 4.90. The van der Waals surface area contributed by atoms with Crippen LogP contribution in [0.15, 0.2) is 22.7 Å². The molecular weight excluding hydrogens is 308 g/mol. The van der Waals surface area contributed by atoms with Crippen molar-refractivity contribution in [3.8, 4) is 0 Å². The highest BCUT2D eigenvalue weighted by Crippen LogP contribution is 2.28. The van der Waals surface area contributed by atoms with Crippen LogP contribution in [0.1, 0.15) is 19.3 Å². The average Bonchev–Trinajstić information content (AvgIpc) is 2.74. The van der Waals surface area contributed by atoms with Gasteiger partial charge in [0.15, 0.2) is 0 Å². The lowest BCUT2D eigenvalue weighted by molar-refractivity contribution is 0.182. The number of hydrogen-bond donors (Lipinski definition) is 3. The summed E-state index contributed by atoms with van der Waals surface area (Å²) in [5.41, 5.74) is 6.56. The van der Waals surface area contributed by atoms with Crippen molar-refractivity contribution < 1.29 is 5.11 Å². The maximum Gasteiger partial charge on any atom is 0.222 e. The van der Waals surface area contributed by atoms with Gasteiger partial charge in [0.1, 0.15) is 5.82 Å². The number of nitrogens with zero attached hydrogens (tertiary/aromatic N) is 2. The number of aromatic nitrogens is 2. The molecule has 0 spiro atoms. The second kappa shape index (κ2) is 4.94. The van der Waals surface area contributed by atoms with E-state index in [2.05, 4.69) is 31.2 Å². The molecule has 1 aliphatic carbocycles. The minimum Gasteiger partial charge on any atom is -0.393 e. The minimum absolute atomic E-state index is 0.211. The molecule has 1 fully saturated rings. The lowest BCUT2D eigenvalue weighted by Gasteiger charge is -2.15. The first-order valence-electron chi connectivity index (χ1n) is 6.29. The van der Waals surface area contributed by atoms with E-state index in [1.807, 2.05) is 18.2 Å². The van der Waals surface area contributed by atoms with Crippen molar-refractivity contribution in [3.63, 3.8) is 0 Å². The van der Waals surface area contributed by atoms with Crippen molar-refractivity contribution in [1.29, 1.82) is 0 Å². The van der Waals surface area contributed by atoms with Crippen LogP contribution < -0.4 is 11.1 Å². The Kier molecular flexibility index (Phi) is 3.28. The molecule has 6 heteroatoms. The summed E-state index contributed by atoms with van der Waals surface area (Å²) in [5.74, 6) is 1.00. The third kappa shape index (κ3) is 2.64. The number of nitrogens with one attached hydrogen (secondary N) is 1. The van der Waals surface area contributed by atoms with Crippen molar-refractivity contribution in [3.05, 3.63) is 22.7 Å². The van der Waals surface area contributed by atoms with Crippen LogP contribution in [0.25, 0.3) is 10.9 Å². The molecule has 0 unspecified atom stereocenters. The molecular formula is C13H15BrN4O. The van der Waals surface area contributed by atoms with Gasteiger partial charge >= 0.3 is 0 Å². The van der Waals surface area contributed by atoms with Crippen molar-refractivity contribution in [2.75, 3.05) is 11.1 Å². The van der Waals surface area contributed by atoms with Crippen LogP contribution in [0.5, 0.6) is 0 Å². The van der Waals surface area contributed by atoms with Gasteiger partial charge in [0.05, 0.1) is 11.6 Å². The fraction of sp³-hybridized carbons (Fsp3) is 0.385. The third-order valence-electron chi connectivity index (χ3n) is 3.42. The van der Waals surface area contributed by atoms with E-state index in [4.69, 9.17) is 5.73 Å². The summed E-state index contributed by atoms with van der Waals surface area (Å²) in [6.45, 7) is 0. The van der Waals surface area contributed by atoms with Crippen LogP contribution in [0, 0.1) is 0 Å². The van der Waals surface area contributed by atoms with Gasteiger partial charge in [0.2, 0.25) is 5.95 Å². The Morgan fingerprint density at radius 1 is 1.32 bits per heavy atom. The van der Waals surface area contributed by atoms with Gasteiger partial charge in [-0.1, -0.05) is 15.9 Å². The van der Waals surface area contributed by atoms with Crippen LogP contribution in [0.3, 0.4) is 0 Å². The fourth-order valence-electron chi connectivity index (χ4n) is 2.51. The van der Waals surface area contributed by atoms with Gasteiger partial charge in [-0.3, -0.25) is 0 Å². The Balaban J connectivity index is 1.98. The number of nitrogen functional groups attached to an aromatic ring is 1. The number of nitrogens with two attached hydrogens (primary N) is 1. The van der Waals surface area contributed by atoms with E-state index in [1.165, 1.54) is 0 Å². The smallest absolute Gasteiger partial charge is 0.222 e. The summed E-state index contributed by atoms with van der Waals surface area (Å²) in [7, 11) is 0. The standard InChI is InChI=1S/C13H15BrN4O/c14-7-1-4-10-11(5-7)17-13(15)18-12(10)16-8-2-3-9(19)6-8/h1,4-5,8-9,19H,2-3,6H2,(H3,15,16,17,18)/t8-,9-/m0/s1. The zero-order valence-electron chi connectivity index (χ0n) is 10.3. The molecule has 4 N–H and O–H groups in total. The predicted molar refractivity (Wildman–Crippen MR) is 78.9 cm³/mol. The first-order valence-corrected chi connectivity index (χ1v) is 7.08. The van der Waals surface area contributed by atoms with Gasteiger partial charge in [-0.25, -0.2) is 4.98 Å². The van der Waals surface area contributed by atoms with Gasteiger partial charge in [-0.05, 0) is 37.5 Å². The molecule has 0 radical (unpaired) electrons. The number of fused-ring (bicyclic) bond motifs is 1. The molecule has 3 rings (SSSR count). The Labute approximate surface area is 119 Å². The number of aliphatic hydroxyl groups is 1. The van der Waals surface area contributed by atoms with Crippen molar-refractivity contribution in [2.24, 2.45) is 0 Å². The highest BCUT2D eigenvalue weighted by molar-refractivity contribution is 9.10. The first kappa shape index (κ1) is 12.6. The number of hydrogen-bond acceptors (Lipinski definition) is 5. The molecule has 1 aromatic heterocycles. The van der Waals surface area contributed by atoms with Crippen molar-refractivity contribution >= 4 is 38.6 Å². The minimum atomic E-state index is -0.211. The summed E-state index contributed by atoms with van der Waals surface area (Å²) in [6, 6.07) is 6.08. The lowest BCUT2D eigenvalue weighted by Crippen LogP contribution is -2.18. The van der Waals surface area contributed by atoms with Crippen LogP contribution >= 0.6 is 15.9 Å². The summed E-state index contributed by atoms with van der Waals surface area (Å²) < 4.78 is 0.959. The molecule has 0 amide bonds. The van der Waals surface area contributed by atoms with E-state index in [9.17, 15) is 5.11 Å². The maximum atomic E-state index is 9.58. The molecule has 1 aromatic carbocycles. The number of anilines is 2. The van der Waals surface area contributed by atoms with Crippen molar-refractivity contribution in [1.82, 2.24) is 9.97 Å². The van der Waals surface area contributed by atoms with Gasteiger partial charge in [-0.15, -0.1) is 0 Å². The predicted octanol–water partition coefficient (Wildman–Crippen LogP) is 2.30. The number of aliphatic hydroxyl groups excluding tert-OH is 1. The normalized spacial score (nSPS) is 22.8. The molecule has 5 nitrogen and oxygen atoms in total. The molecule has 1 heterocycles. The van der Waals surface area contributed by atoms with Gasteiger partial charge in [-0.2, -0.15) is 4.98 Å². The number of rotatable bonds is 2. The van der Waals surface area contributed by atoms with E-state index in [0.29, 0.717) is 0 Å². The van der Waals surface area contributed by atoms with Crippen molar-refractivity contribution in [2.45, 2.75) is 31.4 Å². The van der Waals surface area contributed by atoms with Crippen LogP contribution in [0.2, 0.25) is 0 Å². The summed E-state index contributed by atoms with van der Waals surface area (Å²) in [4.78, 5) is 8.51. The zero-order valence-corrected chi connectivity index (χ0v) is 11.9. The summed E-state index contributed by atoms with van der Waals surface area (Å²) in [5, 5.41) is 13.9. The molecule has 1 saturated carbocycles. The quantitative estimate of drug-likeness (QED) is 0.790. The van der Waals surface area contributed by atoms with E-state index in [0.717, 1.165) is 40.5 Å². The lowest BCUT2D eigenvalue weighted by atomic mass is 10.2. The average molecular weight is 323 g/mol. The van der Waals surface area contributed by atoms with E-state index in [1.54, 1.807) is 0 Å². The molecule has 100 valence electrons. The molecule has 0 saturated heterocycles. The molecule has 0 bridgehead atoms. The van der Waals surface area contributed by atoms with Crippen LogP contribution in [-0.2, 0) is 0 Å². The Morgan fingerprint density at radius 3 is 2.89 bits per heavy atom. The molecule has 2 atom stereocenters. The first-order chi connectivity index (χ1) is 9.11. The largest absolute Gasteiger partial charge is 0.393 e. The Morgan fingerprint density at radius 2 is 2.16 bits per heavy atom. The summed E-state index contributed by atoms with van der Waals surface area (Å²) >= 11 is 3.42. The maximum absolute atomic E-state index is 9.58. The monoisotopic (exact) mass is 322 g/mol. The van der Waals surface area contributed by atoms with Gasteiger partial charge < -0.3 is 16.2 Å². The SMILES string of the molecule is Nc1nc(N[C@H]2CC[C@H](O)C2)c2ccc(Br)cc2n1. The highest BCUT2D eigenvalue weighted by atomic mass is 79.9. The molecule has 19 heavy (non-hydrogen) atoms. The second-order valence-corrected chi connectivity index (χ2v) is 5.82. The molecule has 1 aliphatic rings. The van der Waals surface area contributed by atoms with E-state index < -0.39 is 0 Å².